The molecule has 0 bridgehead atoms. The Balaban J connectivity index is 1.81. The van der Waals surface area contributed by atoms with E-state index in [1.807, 2.05) is 19.1 Å². The Bertz CT molecular complexity index is 680. The topological polar surface area (TPSA) is 87.7 Å². The van der Waals surface area contributed by atoms with Gasteiger partial charge in [-0.15, -0.1) is 0 Å². The van der Waals surface area contributed by atoms with E-state index in [4.69, 9.17) is 4.74 Å². The predicted molar refractivity (Wildman–Crippen MR) is 102 cm³/mol. The first kappa shape index (κ1) is 20.2. The summed E-state index contributed by atoms with van der Waals surface area (Å²) in [4.78, 5) is 37.7. The second kappa shape index (κ2) is 9.56. The van der Waals surface area contributed by atoms with Crippen molar-refractivity contribution in [2.75, 3.05) is 31.6 Å². The van der Waals surface area contributed by atoms with E-state index in [0.717, 1.165) is 16.5 Å². The van der Waals surface area contributed by atoms with E-state index in [0.29, 0.717) is 31.8 Å². The molecule has 8 heteroatoms. The summed E-state index contributed by atoms with van der Waals surface area (Å²) in [5.74, 6) is -0.834. The number of carbonyl (C=O) groups is 3. The maximum Gasteiger partial charge on any atom is 0.409 e. The number of piperidine rings is 1. The summed E-state index contributed by atoms with van der Waals surface area (Å²) in [5, 5.41) is 5.44. The Kier molecular flexibility index (Phi) is 7.44. The molecule has 0 unspecified atom stereocenters. The number of halogens is 1. The van der Waals surface area contributed by atoms with Crippen molar-refractivity contribution in [2.45, 2.75) is 26.7 Å². The van der Waals surface area contributed by atoms with Crippen LogP contribution in [0, 0.1) is 12.8 Å². The normalized spacial score (nSPS) is 16.7. The van der Waals surface area contributed by atoms with E-state index in [2.05, 4.69) is 26.6 Å². The predicted octanol–water partition coefficient (Wildman–Crippen LogP) is 2.68. The second-order valence-electron chi connectivity index (χ2n) is 6.21. The van der Waals surface area contributed by atoms with Crippen LogP contribution in [0.5, 0.6) is 0 Å². The van der Waals surface area contributed by atoms with Crippen LogP contribution in [0.15, 0.2) is 22.7 Å². The third-order valence-corrected chi connectivity index (χ3v) is 4.70. The molecule has 2 N–H and O–H groups in total. The van der Waals surface area contributed by atoms with Crippen molar-refractivity contribution < 1.29 is 19.1 Å². The Hall–Kier alpha value is -2.09. The lowest BCUT2D eigenvalue weighted by Gasteiger charge is -2.31. The zero-order valence-electron chi connectivity index (χ0n) is 15.0. The number of anilines is 1. The molecule has 0 aromatic heterocycles. The van der Waals surface area contributed by atoms with Gasteiger partial charge in [-0.05, 0) is 50.5 Å². The number of rotatable bonds is 5. The van der Waals surface area contributed by atoms with Crippen molar-refractivity contribution >= 4 is 39.5 Å². The maximum atomic E-state index is 12.3. The lowest BCUT2D eigenvalue weighted by molar-refractivity contribution is -0.128. The highest BCUT2D eigenvalue weighted by molar-refractivity contribution is 9.10. The molecule has 1 saturated heterocycles. The maximum absolute atomic E-state index is 12.3. The first-order chi connectivity index (χ1) is 12.4. The molecule has 1 atom stereocenters. The molecule has 3 amide bonds. The van der Waals surface area contributed by atoms with Gasteiger partial charge >= 0.3 is 6.09 Å². The van der Waals surface area contributed by atoms with Gasteiger partial charge in [0.25, 0.3) is 0 Å². The summed E-state index contributed by atoms with van der Waals surface area (Å²) in [6, 6.07) is 5.55. The van der Waals surface area contributed by atoms with Crippen LogP contribution in [0.1, 0.15) is 25.3 Å². The van der Waals surface area contributed by atoms with Gasteiger partial charge in [0.2, 0.25) is 11.8 Å². The molecule has 0 saturated carbocycles. The van der Waals surface area contributed by atoms with E-state index in [9.17, 15) is 14.4 Å². The molecule has 1 aromatic rings. The second-order valence-corrected chi connectivity index (χ2v) is 7.12. The highest BCUT2D eigenvalue weighted by atomic mass is 79.9. The lowest BCUT2D eigenvalue weighted by atomic mass is 9.97. The number of nitrogens with one attached hydrogen (secondary N) is 2. The van der Waals surface area contributed by atoms with Crippen molar-refractivity contribution in [3.05, 3.63) is 28.2 Å². The highest BCUT2D eigenvalue weighted by Crippen LogP contribution is 2.20. The fourth-order valence-corrected chi connectivity index (χ4v) is 3.32. The number of carbonyl (C=O) groups excluding carboxylic acids is 3. The Morgan fingerprint density at radius 2 is 2.12 bits per heavy atom. The highest BCUT2D eigenvalue weighted by Gasteiger charge is 2.29. The molecule has 1 heterocycles. The number of nitrogens with zero attached hydrogens (tertiary/aromatic N) is 1. The fourth-order valence-electron chi connectivity index (χ4n) is 2.85. The molecule has 1 aromatic carbocycles. The van der Waals surface area contributed by atoms with Crippen LogP contribution in [0.2, 0.25) is 0 Å². The summed E-state index contributed by atoms with van der Waals surface area (Å²) >= 11 is 3.37. The van der Waals surface area contributed by atoms with Gasteiger partial charge < -0.3 is 20.3 Å². The minimum atomic E-state index is -0.395. The van der Waals surface area contributed by atoms with Crippen LogP contribution in [0.4, 0.5) is 10.5 Å². The van der Waals surface area contributed by atoms with E-state index in [-0.39, 0.29) is 24.3 Å². The molecule has 7 nitrogen and oxygen atoms in total. The van der Waals surface area contributed by atoms with Gasteiger partial charge in [-0.3, -0.25) is 9.59 Å². The first-order valence-electron chi connectivity index (χ1n) is 8.66. The van der Waals surface area contributed by atoms with Gasteiger partial charge in [0, 0.05) is 23.2 Å². The molecule has 1 aliphatic heterocycles. The van der Waals surface area contributed by atoms with Crippen molar-refractivity contribution in [3.63, 3.8) is 0 Å². The number of benzene rings is 1. The molecule has 26 heavy (non-hydrogen) atoms. The number of amides is 3. The molecule has 1 fully saturated rings. The standard InChI is InChI=1S/C18H24BrN3O4/c1-3-26-18(25)22-8-4-5-13(11-22)17(24)20-10-16(23)21-15-7-6-14(19)9-12(15)2/h6-7,9,13H,3-5,8,10-11H2,1-2H3,(H,20,24)(H,21,23)/t13-/m1/s1. The van der Waals surface area contributed by atoms with E-state index in [1.165, 1.54) is 0 Å². The van der Waals surface area contributed by atoms with Gasteiger partial charge in [-0.1, -0.05) is 15.9 Å². The molecule has 1 aliphatic rings. The van der Waals surface area contributed by atoms with Crippen molar-refractivity contribution in [1.29, 1.82) is 0 Å². The minimum Gasteiger partial charge on any atom is -0.450 e. The SMILES string of the molecule is CCOC(=O)N1CCC[C@@H](C(=O)NCC(=O)Nc2ccc(Br)cc2C)C1. The van der Waals surface area contributed by atoms with Crippen LogP contribution in [0.25, 0.3) is 0 Å². The quantitative estimate of drug-likeness (QED) is 0.758. The van der Waals surface area contributed by atoms with Crippen molar-refractivity contribution in [2.24, 2.45) is 5.92 Å². The number of hydrogen-bond acceptors (Lipinski definition) is 4. The van der Waals surface area contributed by atoms with Gasteiger partial charge in [0.1, 0.15) is 0 Å². The number of ether oxygens (including phenoxy) is 1. The van der Waals surface area contributed by atoms with E-state index < -0.39 is 6.09 Å². The van der Waals surface area contributed by atoms with E-state index in [1.54, 1.807) is 17.9 Å². The Morgan fingerprint density at radius 1 is 1.35 bits per heavy atom. The monoisotopic (exact) mass is 425 g/mol. The van der Waals surface area contributed by atoms with Gasteiger partial charge in [0.15, 0.2) is 0 Å². The van der Waals surface area contributed by atoms with Crippen LogP contribution >= 0.6 is 15.9 Å². The number of hydrogen-bond donors (Lipinski definition) is 2. The van der Waals surface area contributed by atoms with Gasteiger partial charge in [-0.25, -0.2) is 4.79 Å². The summed E-state index contributed by atoms with van der Waals surface area (Å²) in [5.41, 5.74) is 1.63. The third-order valence-electron chi connectivity index (χ3n) is 4.20. The minimum absolute atomic E-state index is 0.107. The zero-order valence-corrected chi connectivity index (χ0v) is 16.6. The summed E-state index contributed by atoms with van der Waals surface area (Å²) < 4.78 is 5.92. The molecule has 142 valence electrons. The Labute approximate surface area is 161 Å². The summed E-state index contributed by atoms with van der Waals surface area (Å²) in [6.45, 7) is 4.75. The van der Waals surface area contributed by atoms with Gasteiger partial charge in [0.05, 0.1) is 19.1 Å². The smallest absolute Gasteiger partial charge is 0.409 e. The zero-order chi connectivity index (χ0) is 19.1. The molecule has 0 aliphatic carbocycles. The average molecular weight is 426 g/mol. The third kappa shape index (κ3) is 5.72. The fraction of sp³-hybridized carbons (Fsp3) is 0.500. The molecule has 0 spiro atoms. The van der Waals surface area contributed by atoms with Crippen LogP contribution in [0.3, 0.4) is 0 Å². The van der Waals surface area contributed by atoms with Crippen LogP contribution in [-0.4, -0.2) is 49.0 Å². The Morgan fingerprint density at radius 3 is 2.81 bits per heavy atom. The first-order valence-corrected chi connectivity index (χ1v) is 9.45. The van der Waals surface area contributed by atoms with Crippen LogP contribution in [-0.2, 0) is 14.3 Å². The molecular weight excluding hydrogens is 402 g/mol. The number of likely N-dealkylation sites (tertiary alicyclic amines) is 1. The number of aryl methyl sites for hydroxylation is 1. The van der Waals surface area contributed by atoms with Crippen molar-refractivity contribution in [3.8, 4) is 0 Å². The van der Waals surface area contributed by atoms with Gasteiger partial charge in [-0.2, -0.15) is 0 Å². The largest absolute Gasteiger partial charge is 0.450 e. The van der Waals surface area contributed by atoms with Crippen molar-refractivity contribution in [1.82, 2.24) is 10.2 Å². The summed E-state index contributed by atoms with van der Waals surface area (Å²) in [6.07, 6.45) is 1.03. The molecular formula is C18H24BrN3O4. The lowest BCUT2D eigenvalue weighted by Crippen LogP contribution is -2.46. The molecule has 0 radical (unpaired) electrons. The van der Waals surface area contributed by atoms with E-state index >= 15 is 0 Å². The average Bonchev–Trinajstić information content (AvgIpc) is 2.62. The van der Waals surface area contributed by atoms with Crippen LogP contribution < -0.4 is 10.6 Å². The summed E-state index contributed by atoms with van der Waals surface area (Å²) in [7, 11) is 0. The molecule has 2 rings (SSSR count).